The Labute approximate surface area is 182 Å². The second-order valence-corrected chi connectivity index (χ2v) is 7.32. The Morgan fingerprint density at radius 3 is 2.32 bits per heavy atom. The van der Waals surface area contributed by atoms with Crippen molar-refractivity contribution in [3.8, 4) is 11.3 Å². The summed E-state index contributed by atoms with van der Waals surface area (Å²) in [6.45, 7) is 1.46. The van der Waals surface area contributed by atoms with Gasteiger partial charge in [0, 0.05) is 36.5 Å². The van der Waals surface area contributed by atoms with Crippen molar-refractivity contribution in [2.75, 3.05) is 7.11 Å². The number of nitrogens with one attached hydrogen (secondary N) is 1. The van der Waals surface area contributed by atoms with Crippen LogP contribution in [0.15, 0.2) is 91.1 Å². The Bertz CT molecular complexity index is 1140. The molecule has 0 radical (unpaired) electrons. The van der Waals surface area contributed by atoms with Crippen LogP contribution in [0.1, 0.15) is 27.0 Å². The average Bonchev–Trinajstić information content (AvgIpc) is 3.22. The van der Waals surface area contributed by atoms with Gasteiger partial charge in [-0.05, 0) is 17.2 Å². The number of carbonyl (C=O) groups excluding carboxylic acids is 1. The van der Waals surface area contributed by atoms with Crippen molar-refractivity contribution in [3.05, 3.63) is 113 Å². The number of nitrogens with zero attached hydrogens (tertiary/aromatic N) is 2. The highest BCUT2D eigenvalue weighted by molar-refractivity contribution is 5.95. The van der Waals surface area contributed by atoms with Crippen LogP contribution in [-0.2, 0) is 24.4 Å². The average molecular weight is 412 g/mol. The number of carbonyl (C=O) groups is 1. The predicted molar refractivity (Wildman–Crippen MR) is 122 cm³/mol. The van der Waals surface area contributed by atoms with Crippen LogP contribution in [0.5, 0.6) is 0 Å². The van der Waals surface area contributed by atoms with Crippen LogP contribution in [0.25, 0.3) is 11.3 Å². The summed E-state index contributed by atoms with van der Waals surface area (Å²) in [6.07, 6.45) is 2.01. The molecule has 0 aliphatic heterocycles. The summed E-state index contributed by atoms with van der Waals surface area (Å²) in [5, 5.41) is 7.87. The Morgan fingerprint density at radius 1 is 0.903 bits per heavy atom. The van der Waals surface area contributed by atoms with Gasteiger partial charge in [0.15, 0.2) is 0 Å². The van der Waals surface area contributed by atoms with Gasteiger partial charge in [0.05, 0.1) is 18.8 Å². The first-order valence-corrected chi connectivity index (χ1v) is 10.3. The standard InChI is InChI=1S/C26H25N3O2/c1-31-19-22-14-8-9-15-24(22)26(30)27-16-23-18-29(17-20-10-4-2-5-11-20)28-25(23)21-12-6-3-7-13-21/h2-15,18H,16-17,19H2,1H3,(H,27,30). The first-order valence-electron chi connectivity index (χ1n) is 10.3. The molecule has 0 spiro atoms. The van der Waals surface area contributed by atoms with Crippen LogP contribution >= 0.6 is 0 Å². The van der Waals surface area contributed by atoms with E-state index in [1.807, 2.05) is 83.7 Å². The van der Waals surface area contributed by atoms with Gasteiger partial charge >= 0.3 is 0 Å². The Kier molecular flexibility index (Phi) is 6.55. The molecule has 1 N–H and O–H groups in total. The normalized spacial score (nSPS) is 10.7. The highest BCUT2D eigenvalue weighted by Gasteiger charge is 2.15. The summed E-state index contributed by atoms with van der Waals surface area (Å²) in [4.78, 5) is 12.9. The highest BCUT2D eigenvalue weighted by Crippen LogP contribution is 2.22. The predicted octanol–water partition coefficient (Wildman–Crippen LogP) is 4.67. The lowest BCUT2D eigenvalue weighted by atomic mass is 10.1. The number of hydrogen-bond donors (Lipinski definition) is 1. The van der Waals surface area contributed by atoms with Crippen molar-refractivity contribution in [1.29, 1.82) is 0 Å². The van der Waals surface area contributed by atoms with Crippen molar-refractivity contribution in [2.45, 2.75) is 19.7 Å². The summed E-state index contributed by atoms with van der Waals surface area (Å²) < 4.78 is 7.15. The summed E-state index contributed by atoms with van der Waals surface area (Å²) in [5.41, 5.74) is 5.54. The van der Waals surface area contributed by atoms with E-state index in [1.54, 1.807) is 7.11 Å². The second-order valence-electron chi connectivity index (χ2n) is 7.32. The van der Waals surface area contributed by atoms with Gasteiger partial charge in [0.1, 0.15) is 0 Å². The lowest BCUT2D eigenvalue weighted by molar-refractivity contribution is 0.0946. The highest BCUT2D eigenvalue weighted by atomic mass is 16.5. The first-order chi connectivity index (χ1) is 15.2. The van der Waals surface area contributed by atoms with Crippen LogP contribution in [0.4, 0.5) is 0 Å². The fraction of sp³-hybridized carbons (Fsp3) is 0.154. The molecule has 4 rings (SSSR count). The first kappa shape index (κ1) is 20.6. The van der Waals surface area contributed by atoms with Gasteiger partial charge in [-0.3, -0.25) is 9.48 Å². The zero-order valence-electron chi connectivity index (χ0n) is 17.5. The van der Waals surface area contributed by atoms with E-state index >= 15 is 0 Å². The van der Waals surface area contributed by atoms with Crippen molar-refractivity contribution in [1.82, 2.24) is 15.1 Å². The molecule has 1 aromatic heterocycles. The molecule has 0 saturated carbocycles. The molecule has 1 heterocycles. The van der Waals surface area contributed by atoms with Gasteiger partial charge in [-0.25, -0.2) is 0 Å². The monoisotopic (exact) mass is 411 g/mol. The molecule has 1 amide bonds. The van der Waals surface area contributed by atoms with Gasteiger partial charge in [-0.2, -0.15) is 5.10 Å². The molecule has 0 fully saturated rings. The van der Waals surface area contributed by atoms with Crippen LogP contribution in [-0.4, -0.2) is 22.8 Å². The van der Waals surface area contributed by atoms with Crippen LogP contribution in [0.3, 0.4) is 0 Å². The molecule has 0 aliphatic carbocycles. The third-order valence-electron chi connectivity index (χ3n) is 5.07. The lowest BCUT2D eigenvalue weighted by Gasteiger charge is -2.09. The number of ether oxygens (including phenoxy) is 1. The van der Waals surface area contributed by atoms with Crippen molar-refractivity contribution < 1.29 is 9.53 Å². The minimum atomic E-state index is -0.123. The summed E-state index contributed by atoms with van der Waals surface area (Å²) in [6, 6.07) is 27.8. The quantitative estimate of drug-likeness (QED) is 0.458. The molecular weight excluding hydrogens is 386 g/mol. The van der Waals surface area contributed by atoms with E-state index in [2.05, 4.69) is 17.4 Å². The molecule has 3 aromatic carbocycles. The molecule has 0 saturated heterocycles. The number of rotatable bonds is 8. The fourth-order valence-electron chi connectivity index (χ4n) is 3.58. The van der Waals surface area contributed by atoms with Gasteiger partial charge in [0.2, 0.25) is 0 Å². The van der Waals surface area contributed by atoms with E-state index in [-0.39, 0.29) is 5.91 Å². The minimum Gasteiger partial charge on any atom is -0.380 e. The summed E-state index contributed by atoms with van der Waals surface area (Å²) >= 11 is 0. The maximum absolute atomic E-state index is 12.9. The van der Waals surface area contributed by atoms with Gasteiger partial charge < -0.3 is 10.1 Å². The number of hydrogen-bond acceptors (Lipinski definition) is 3. The number of benzene rings is 3. The SMILES string of the molecule is COCc1ccccc1C(=O)NCc1cn(Cc2ccccc2)nc1-c1ccccc1. The van der Waals surface area contributed by atoms with Gasteiger partial charge in [-0.1, -0.05) is 78.9 Å². The Hall–Kier alpha value is -3.70. The van der Waals surface area contributed by atoms with Crippen molar-refractivity contribution in [3.63, 3.8) is 0 Å². The van der Waals surface area contributed by atoms with Gasteiger partial charge in [-0.15, -0.1) is 0 Å². The Balaban J connectivity index is 1.57. The third-order valence-corrected chi connectivity index (χ3v) is 5.07. The van der Waals surface area contributed by atoms with E-state index in [9.17, 15) is 4.79 Å². The topological polar surface area (TPSA) is 56.1 Å². The van der Waals surface area contributed by atoms with E-state index in [4.69, 9.17) is 9.84 Å². The van der Waals surface area contributed by atoms with Crippen LogP contribution in [0.2, 0.25) is 0 Å². The van der Waals surface area contributed by atoms with E-state index < -0.39 is 0 Å². The molecule has 31 heavy (non-hydrogen) atoms. The largest absolute Gasteiger partial charge is 0.380 e. The number of aromatic nitrogens is 2. The third kappa shape index (κ3) is 5.08. The maximum Gasteiger partial charge on any atom is 0.251 e. The fourth-order valence-corrected chi connectivity index (χ4v) is 3.58. The zero-order chi connectivity index (χ0) is 21.5. The van der Waals surface area contributed by atoms with Crippen LogP contribution in [0, 0.1) is 0 Å². The number of amides is 1. The van der Waals surface area contributed by atoms with E-state index in [1.165, 1.54) is 5.56 Å². The van der Waals surface area contributed by atoms with E-state index in [0.29, 0.717) is 25.3 Å². The smallest absolute Gasteiger partial charge is 0.251 e. The molecule has 0 atom stereocenters. The number of methoxy groups -OCH3 is 1. The van der Waals surface area contributed by atoms with E-state index in [0.717, 1.165) is 22.4 Å². The van der Waals surface area contributed by atoms with Crippen molar-refractivity contribution in [2.24, 2.45) is 0 Å². The van der Waals surface area contributed by atoms with Gasteiger partial charge in [0.25, 0.3) is 5.91 Å². The molecule has 5 nitrogen and oxygen atoms in total. The summed E-state index contributed by atoms with van der Waals surface area (Å²) in [7, 11) is 1.63. The van der Waals surface area contributed by atoms with Crippen LogP contribution < -0.4 is 5.32 Å². The molecule has 5 heteroatoms. The molecule has 0 aliphatic rings. The molecule has 4 aromatic rings. The Morgan fingerprint density at radius 2 is 1.58 bits per heavy atom. The zero-order valence-corrected chi connectivity index (χ0v) is 17.5. The maximum atomic E-state index is 12.9. The molecular formula is C26H25N3O2. The molecule has 0 unspecified atom stereocenters. The second kappa shape index (κ2) is 9.87. The minimum absolute atomic E-state index is 0.123. The molecule has 0 bridgehead atoms. The lowest BCUT2D eigenvalue weighted by Crippen LogP contribution is -2.24. The summed E-state index contributed by atoms with van der Waals surface area (Å²) in [5.74, 6) is -0.123. The molecule has 156 valence electrons. The van der Waals surface area contributed by atoms with Crippen molar-refractivity contribution >= 4 is 5.91 Å².